The van der Waals surface area contributed by atoms with Crippen LogP contribution in [0.5, 0.6) is 0 Å². The van der Waals surface area contributed by atoms with E-state index in [1.807, 2.05) is 0 Å². The molecule has 1 amide bonds. The van der Waals surface area contributed by atoms with Crippen LogP contribution in [0.3, 0.4) is 0 Å². The number of carbonyl (C=O) groups excluding carboxylic acids is 1. The van der Waals surface area contributed by atoms with Gasteiger partial charge in [0.2, 0.25) is 0 Å². The van der Waals surface area contributed by atoms with Gasteiger partial charge in [-0.05, 0) is 26.3 Å². The molecular formula is C12H20ClN3O3. The Kier molecular flexibility index (Phi) is 5.78. The number of hydrogen-bond donors (Lipinski definition) is 2. The van der Waals surface area contributed by atoms with Crippen LogP contribution in [0.4, 0.5) is 0 Å². The lowest BCUT2D eigenvalue weighted by Gasteiger charge is -2.28. The number of aryl methyl sites for hydroxylation is 1. The fraction of sp³-hybridized carbons (Fsp3) is 0.667. The number of nitrogens with zero attached hydrogens (tertiary/aromatic N) is 1. The van der Waals surface area contributed by atoms with Gasteiger partial charge in [-0.3, -0.25) is 4.79 Å². The summed E-state index contributed by atoms with van der Waals surface area (Å²) in [5, 5.41) is 9.97. The number of rotatable bonds is 5. The summed E-state index contributed by atoms with van der Waals surface area (Å²) >= 11 is 0. The van der Waals surface area contributed by atoms with E-state index in [-0.39, 0.29) is 23.9 Å². The van der Waals surface area contributed by atoms with Crippen molar-refractivity contribution in [3.63, 3.8) is 0 Å². The molecule has 108 valence electrons. The van der Waals surface area contributed by atoms with E-state index in [1.54, 1.807) is 20.1 Å². The Hall–Kier alpha value is -1.11. The highest BCUT2D eigenvalue weighted by molar-refractivity contribution is 5.92. The van der Waals surface area contributed by atoms with Crippen molar-refractivity contribution < 1.29 is 14.1 Å². The van der Waals surface area contributed by atoms with Gasteiger partial charge in [-0.2, -0.15) is 0 Å². The predicted octanol–water partition coefficient (Wildman–Crippen LogP) is 0.903. The number of aromatic nitrogens is 1. The highest BCUT2D eigenvalue weighted by Crippen LogP contribution is 2.18. The minimum Gasteiger partial charge on any atom is -0.383 e. The van der Waals surface area contributed by atoms with Crippen molar-refractivity contribution in [3.05, 3.63) is 17.5 Å². The van der Waals surface area contributed by atoms with E-state index in [4.69, 9.17) is 9.26 Å². The zero-order valence-corrected chi connectivity index (χ0v) is 12.0. The number of nitrogens with one attached hydrogen (secondary N) is 2. The van der Waals surface area contributed by atoms with Crippen LogP contribution in [0.25, 0.3) is 0 Å². The molecule has 0 aromatic carbocycles. The standard InChI is InChI=1S/C12H19N3O3.ClH/c1-9-6-10(15-18-9)11(16)13-7-12(8-17-2)4-3-5-14-12;/h6,14H,3-5,7-8H2,1-2H3,(H,13,16);1H. The van der Waals surface area contributed by atoms with Crippen LogP contribution >= 0.6 is 12.4 Å². The van der Waals surface area contributed by atoms with Gasteiger partial charge in [0.05, 0.1) is 12.1 Å². The molecule has 2 heterocycles. The van der Waals surface area contributed by atoms with Gasteiger partial charge in [0.1, 0.15) is 5.76 Å². The SMILES string of the molecule is COCC1(CNC(=O)c2cc(C)on2)CCCN1.Cl. The highest BCUT2D eigenvalue weighted by Gasteiger charge is 2.34. The fourth-order valence-corrected chi connectivity index (χ4v) is 2.28. The summed E-state index contributed by atoms with van der Waals surface area (Å²) in [7, 11) is 1.67. The largest absolute Gasteiger partial charge is 0.383 e. The average molecular weight is 290 g/mol. The summed E-state index contributed by atoms with van der Waals surface area (Å²) < 4.78 is 10.1. The quantitative estimate of drug-likeness (QED) is 0.842. The molecule has 6 nitrogen and oxygen atoms in total. The second-order valence-electron chi connectivity index (χ2n) is 4.75. The van der Waals surface area contributed by atoms with Crippen LogP contribution in [0.15, 0.2) is 10.6 Å². The molecule has 1 aliphatic heterocycles. The molecule has 1 fully saturated rings. The highest BCUT2D eigenvalue weighted by atomic mass is 35.5. The van der Waals surface area contributed by atoms with Crippen LogP contribution in [0.1, 0.15) is 29.1 Å². The molecule has 0 aliphatic carbocycles. The zero-order chi connectivity index (χ0) is 13.0. The smallest absolute Gasteiger partial charge is 0.273 e. The maximum absolute atomic E-state index is 11.9. The van der Waals surface area contributed by atoms with Gasteiger partial charge in [0.15, 0.2) is 5.69 Å². The molecule has 1 atom stereocenters. The van der Waals surface area contributed by atoms with Crippen molar-refractivity contribution >= 4 is 18.3 Å². The lowest BCUT2D eigenvalue weighted by atomic mass is 9.98. The van der Waals surface area contributed by atoms with Crippen molar-refractivity contribution in [1.29, 1.82) is 0 Å². The van der Waals surface area contributed by atoms with E-state index in [0.717, 1.165) is 19.4 Å². The second-order valence-corrected chi connectivity index (χ2v) is 4.75. The second kappa shape index (κ2) is 6.88. The summed E-state index contributed by atoms with van der Waals surface area (Å²) in [5.74, 6) is 0.418. The average Bonchev–Trinajstić information content (AvgIpc) is 2.97. The van der Waals surface area contributed by atoms with Crippen molar-refractivity contribution in [2.75, 3.05) is 26.8 Å². The van der Waals surface area contributed by atoms with E-state index in [1.165, 1.54) is 0 Å². The monoisotopic (exact) mass is 289 g/mol. The number of halogens is 1. The van der Waals surface area contributed by atoms with Crippen molar-refractivity contribution in [2.45, 2.75) is 25.3 Å². The number of carbonyl (C=O) groups is 1. The maximum atomic E-state index is 11.9. The first-order chi connectivity index (χ1) is 8.65. The Morgan fingerprint density at radius 1 is 1.68 bits per heavy atom. The van der Waals surface area contributed by atoms with Crippen molar-refractivity contribution in [1.82, 2.24) is 15.8 Å². The van der Waals surface area contributed by atoms with Gasteiger partial charge in [-0.1, -0.05) is 5.16 Å². The summed E-state index contributed by atoms with van der Waals surface area (Å²) in [6, 6.07) is 1.63. The van der Waals surface area contributed by atoms with Gasteiger partial charge < -0.3 is 19.9 Å². The molecular weight excluding hydrogens is 270 g/mol. The van der Waals surface area contributed by atoms with Gasteiger partial charge >= 0.3 is 0 Å². The molecule has 0 saturated carbocycles. The van der Waals surface area contributed by atoms with E-state index in [9.17, 15) is 4.79 Å². The third-order valence-corrected chi connectivity index (χ3v) is 3.20. The minimum atomic E-state index is -0.212. The maximum Gasteiger partial charge on any atom is 0.273 e. The lowest BCUT2D eigenvalue weighted by molar-refractivity contribution is 0.0884. The van der Waals surface area contributed by atoms with Gasteiger partial charge in [0.25, 0.3) is 5.91 Å². The van der Waals surface area contributed by atoms with Crippen LogP contribution in [-0.4, -0.2) is 43.4 Å². The van der Waals surface area contributed by atoms with E-state index in [0.29, 0.717) is 24.6 Å². The molecule has 1 aliphatic rings. The Morgan fingerprint density at radius 2 is 2.47 bits per heavy atom. The van der Waals surface area contributed by atoms with Gasteiger partial charge in [-0.15, -0.1) is 12.4 Å². The lowest BCUT2D eigenvalue weighted by Crippen LogP contribution is -2.53. The molecule has 1 saturated heterocycles. The number of amides is 1. The Balaban J connectivity index is 0.00000180. The Labute approximate surface area is 118 Å². The van der Waals surface area contributed by atoms with Crippen LogP contribution < -0.4 is 10.6 Å². The predicted molar refractivity (Wildman–Crippen MR) is 72.7 cm³/mol. The molecule has 2 rings (SSSR count). The van der Waals surface area contributed by atoms with Crippen molar-refractivity contribution in [2.24, 2.45) is 0 Å². The number of methoxy groups -OCH3 is 1. The van der Waals surface area contributed by atoms with Gasteiger partial charge in [-0.25, -0.2) is 0 Å². The first kappa shape index (κ1) is 15.9. The molecule has 1 unspecified atom stereocenters. The van der Waals surface area contributed by atoms with E-state index >= 15 is 0 Å². The molecule has 0 bridgehead atoms. The fourth-order valence-electron chi connectivity index (χ4n) is 2.28. The number of hydrogen-bond acceptors (Lipinski definition) is 5. The van der Waals surface area contributed by atoms with Crippen LogP contribution in [-0.2, 0) is 4.74 Å². The summed E-state index contributed by atoms with van der Waals surface area (Å²) in [6.45, 7) is 3.84. The van der Waals surface area contributed by atoms with Crippen molar-refractivity contribution in [3.8, 4) is 0 Å². The molecule has 1 aromatic rings. The summed E-state index contributed by atoms with van der Waals surface area (Å²) in [6.07, 6.45) is 2.10. The normalized spacial score (nSPS) is 22.0. The topological polar surface area (TPSA) is 76.4 Å². The minimum absolute atomic E-state index is 0. The van der Waals surface area contributed by atoms with E-state index in [2.05, 4.69) is 15.8 Å². The van der Waals surface area contributed by atoms with E-state index < -0.39 is 0 Å². The Bertz CT molecular complexity index is 416. The molecule has 19 heavy (non-hydrogen) atoms. The molecule has 0 radical (unpaired) electrons. The molecule has 1 aromatic heterocycles. The molecule has 0 spiro atoms. The Morgan fingerprint density at radius 3 is 3.00 bits per heavy atom. The van der Waals surface area contributed by atoms with Crippen LogP contribution in [0, 0.1) is 6.92 Å². The first-order valence-electron chi connectivity index (χ1n) is 6.11. The first-order valence-corrected chi connectivity index (χ1v) is 6.11. The third-order valence-electron chi connectivity index (χ3n) is 3.20. The summed E-state index contributed by atoms with van der Waals surface area (Å²) in [4.78, 5) is 11.9. The third kappa shape index (κ3) is 3.92. The summed E-state index contributed by atoms with van der Waals surface area (Å²) in [5.41, 5.74) is 0.168. The van der Waals surface area contributed by atoms with Gasteiger partial charge in [0, 0.05) is 19.7 Å². The zero-order valence-electron chi connectivity index (χ0n) is 11.2. The molecule has 7 heteroatoms. The van der Waals surface area contributed by atoms with Crippen LogP contribution in [0.2, 0.25) is 0 Å². The number of ether oxygens (including phenoxy) is 1. The molecule has 2 N–H and O–H groups in total.